The monoisotopic (exact) mass is 530 g/mol. The number of nitrogens with zero attached hydrogens (tertiary/aromatic N) is 5. The second kappa shape index (κ2) is 13.5. The second-order valence-electron chi connectivity index (χ2n) is 8.80. The highest BCUT2D eigenvalue weighted by Crippen LogP contribution is 2.33. The smallest absolute Gasteiger partial charge is 0.190 e. The molecule has 9 heteroatoms. The first-order chi connectivity index (χ1) is 18.6. The second-order valence-corrected chi connectivity index (χ2v) is 9.86. The number of nitrogens with two attached hydrogens (primary N) is 1. The quantitative estimate of drug-likeness (QED) is 0.186. The maximum Gasteiger partial charge on any atom is 0.190 e. The van der Waals surface area contributed by atoms with Crippen molar-refractivity contribution < 1.29 is 9.47 Å². The standard InChI is InChI=1S/C29H31FN6OS/c1-3-21(2)26-7-4-5-8-27(26)36-17-6-18-38-29(36)35-34-19-22-9-11-23(12-10-22)28(31)33-20-32-24-13-15-25(37-30)16-14-24/h4-5,7-16,19-21H,3,6,17-18H2,1-2H3,(H2,31,32,33)/b34-19+,35-29-. The first kappa shape index (κ1) is 27.1. The average molecular weight is 531 g/mol. The summed E-state index contributed by atoms with van der Waals surface area (Å²) in [5, 5.41) is 9.89. The predicted molar refractivity (Wildman–Crippen MR) is 158 cm³/mol. The highest BCUT2D eigenvalue weighted by Gasteiger charge is 2.22. The Balaban J connectivity index is 1.42. The van der Waals surface area contributed by atoms with Crippen LogP contribution in [0.1, 0.15) is 49.3 Å². The summed E-state index contributed by atoms with van der Waals surface area (Å²) in [6.07, 6.45) is 5.30. The van der Waals surface area contributed by atoms with E-state index >= 15 is 0 Å². The Morgan fingerprint density at radius 2 is 1.87 bits per heavy atom. The van der Waals surface area contributed by atoms with Gasteiger partial charge in [-0.1, -0.05) is 68.1 Å². The van der Waals surface area contributed by atoms with Gasteiger partial charge in [0.25, 0.3) is 0 Å². The van der Waals surface area contributed by atoms with E-state index in [4.69, 9.17) is 5.73 Å². The number of hydrogen-bond donors (Lipinski definition) is 1. The molecular weight excluding hydrogens is 499 g/mol. The minimum atomic E-state index is 0.115. The lowest BCUT2D eigenvalue weighted by Gasteiger charge is -2.31. The van der Waals surface area contributed by atoms with Gasteiger partial charge in [-0.15, -0.1) is 5.10 Å². The molecule has 0 radical (unpaired) electrons. The van der Waals surface area contributed by atoms with Crippen molar-refractivity contribution in [1.82, 2.24) is 0 Å². The fourth-order valence-corrected chi connectivity index (χ4v) is 4.84. The van der Waals surface area contributed by atoms with Crippen molar-refractivity contribution in [2.75, 3.05) is 17.2 Å². The molecule has 1 unspecified atom stereocenters. The first-order valence-electron chi connectivity index (χ1n) is 12.5. The van der Waals surface area contributed by atoms with Crippen molar-refractivity contribution in [2.45, 2.75) is 32.6 Å². The third-order valence-corrected chi connectivity index (χ3v) is 7.30. The summed E-state index contributed by atoms with van der Waals surface area (Å²) in [5.41, 5.74) is 10.9. The molecule has 1 aliphatic heterocycles. The predicted octanol–water partition coefficient (Wildman–Crippen LogP) is 6.86. The summed E-state index contributed by atoms with van der Waals surface area (Å²) in [6, 6.07) is 22.3. The minimum absolute atomic E-state index is 0.115. The molecule has 2 N–H and O–H groups in total. The summed E-state index contributed by atoms with van der Waals surface area (Å²) in [6.45, 7) is 5.42. The zero-order valence-electron chi connectivity index (χ0n) is 21.5. The first-order valence-corrected chi connectivity index (χ1v) is 13.5. The third-order valence-electron chi connectivity index (χ3n) is 6.24. The largest absolute Gasteiger partial charge is 0.383 e. The normalized spacial score (nSPS) is 16.4. The number of rotatable bonds is 9. The van der Waals surface area contributed by atoms with Gasteiger partial charge in [0, 0.05) is 28.1 Å². The Morgan fingerprint density at radius 3 is 2.61 bits per heavy atom. The van der Waals surface area contributed by atoms with Gasteiger partial charge in [-0.3, -0.25) is 4.94 Å². The van der Waals surface area contributed by atoms with Crippen LogP contribution in [0.2, 0.25) is 0 Å². The molecule has 0 aliphatic carbocycles. The van der Waals surface area contributed by atoms with E-state index in [0.29, 0.717) is 17.4 Å². The fraction of sp³-hybridized carbons (Fsp3) is 0.241. The van der Waals surface area contributed by atoms with E-state index in [1.165, 1.54) is 29.7 Å². The molecule has 4 rings (SSSR count). The Kier molecular flexibility index (Phi) is 9.64. The molecule has 0 saturated carbocycles. The molecule has 0 aromatic heterocycles. The Bertz CT molecular complexity index is 1320. The number of halogens is 1. The molecule has 1 atom stereocenters. The highest BCUT2D eigenvalue weighted by atomic mass is 32.2. The molecule has 7 nitrogen and oxygen atoms in total. The number of anilines is 1. The van der Waals surface area contributed by atoms with Crippen LogP contribution in [0.5, 0.6) is 5.75 Å². The lowest BCUT2D eigenvalue weighted by molar-refractivity contribution is -0.00618. The maximum absolute atomic E-state index is 12.1. The van der Waals surface area contributed by atoms with Crippen molar-refractivity contribution >= 4 is 46.7 Å². The summed E-state index contributed by atoms with van der Waals surface area (Å²) >= 11 is 1.74. The molecule has 1 fully saturated rings. The summed E-state index contributed by atoms with van der Waals surface area (Å²) in [5.74, 6) is 1.96. The fourth-order valence-electron chi connectivity index (χ4n) is 3.94. The molecule has 1 heterocycles. The van der Waals surface area contributed by atoms with E-state index in [1.54, 1.807) is 30.1 Å². The molecule has 196 valence electrons. The number of para-hydroxylation sites is 1. The van der Waals surface area contributed by atoms with Crippen LogP contribution in [-0.2, 0) is 0 Å². The van der Waals surface area contributed by atoms with Gasteiger partial charge in [-0.25, -0.2) is 9.98 Å². The van der Waals surface area contributed by atoms with Crippen molar-refractivity contribution in [3.63, 3.8) is 0 Å². The SMILES string of the molecule is CCC(C)c1ccccc1N1CCCS/C1=N\N=C\c1ccc(C(N)=NC=Nc2ccc(OF)cc2)cc1. The minimum Gasteiger partial charge on any atom is -0.383 e. The van der Waals surface area contributed by atoms with Crippen molar-refractivity contribution in [1.29, 1.82) is 0 Å². The van der Waals surface area contributed by atoms with E-state index in [0.717, 1.165) is 41.4 Å². The summed E-state index contributed by atoms with van der Waals surface area (Å²) < 4.78 is 12.1. The number of thioether (sulfide) groups is 1. The van der Waals surface area contributed by atoms with Gasteiger partial charge in [0.1, 0.15) is 12.2 Å². The number of aliphatic imine (C=N–C) groups is 2. The molecule has 3 aromatic rings. The van der Waals surface area contributed by atoms with Gasteiger partial charge in [0.15, 0.2) is 10.9 Å². The zero-order valence-corrected chi connectivity index (χ0v) is 22.3. The number of amidine groups is 2. The van der Waals surface area contributed by atoms with Gasteiger partial charge in [-0.2, -0.15) is 5.10 Å². The molecule has 3 aromatic carbocycles. The molecule has 0 spiro atoms. The molecule has 1 saturated heterocycles. The molecular formula is C29H31FN6OS. The number of benzene rings is 3. The van der Waals surface area contributed by atoms with Gasteiger partial charge in [-0.05, 0) is 60.2 Å². The highest BCUT2D eigenvalue weighted by molar-refractivity contribution is 8.14. The van der Waals surface area contributed by atoms with Crippen molar-refractivity contribution in [3.05, 3.63) is 89.5 Å². The Labute approximate surface area is 227 Å². The van der Waals surface area contributed by atoms with Crippen LogP contribution in [0.3, 0.4) is 0 Å². The average Bonchev–Trinajstić information content (AvgIpc) is 2.97. The molecule has 0 bridgehead atoms. The molecule has 0 amide bonds. The Hall–Kier alpha value is -3.98. The number of hydrogen-bond acceptors (Lipinski definition) is 5. The van der Waals surface area contributed by atoms with Crippen molar-refractivity contribution in [3.8, 4) is 5.75 Å². The van der Waals surface area contributed by atoms with E-state index in [2.05, 4.69) is 68.1 Å². The topological polar surface area (TPSA) is 87.9 Å². The van der Waals surface area contributed by atoms with E-state index < -0.39 is 0 Å². The van der Waals surface area contributed by atoms with Crippen LogP contribution in [0.15, 0.2) is 93.0 Å². The summed E-state index contributed by atoms with van der Waals surface area (Å²) in [7, 11) is 0. The van der Waals surface area contributed by atoms with E-state index in [-0.39, 0.29) is 5.75 Å². The van der Waals surface area contributed by atoms with Gasteiger partial charge in [0.2, 0.25) is 0 Å². The molecule has 1 aliphatic rings. The van der Waals surface area contributed by atoms with Crippen LogP contribution in [0.4, 0.5) is 15.9 Å². The van der Waals surface area contributed by atoms with Crippen LogP contribution in [0.25, 0.3) is 0 Å². The van der Waals surface area contributed by atoms with E-state index in [9.17, 15) is 4.53 Å². The Morgan fingerprint density at radius 1 is 1.11 bits per heavy atom. The lowest BCUT2D eigenvalue weighted by atomic mass is 9.96. The summed E-state index contributed by atoms with van der Waals surface area (Å²) in [4.78, 5) is 14.3. The van der Waals surface area contributed by atoms with E-state index in [1.807, 2.05) is 24.3 Å². The third kappa shape index (κ3) is 7.07. The van der Waals surface area contributed by atoms with Gasteiger partial charge >= 0.3 is 0 Å². The van der Waals surface area contributed by atoms with Gasteiger partial charge in [0.05, 0.1) is 11.9 Å². The van der Waals surface area contributed by atoms with Crippen LogP contribution in [-0.4, -0.2) is 35.9 Å². The van der Waals surface area contributed by atoms with Crippen LogP contribution in [0, 0.1) is 0 Å². The van der Waals surface area contributed by atoms with Gasteiger partial charge < -0.3 is 10.6 Å². The lowest BCUT2D eigenvalue weighted by Crippen LogP contribution is -2.34. The maximum atomic E-state index is 12.1. The van der Waals surface area contributed by atoms with Crippen molar-refractivity contribution in [2.24, 2.45) is 25.9 Å². The van der Waals surface area contributed by atoms with Crippen LogP contribution < -0.4 is 15.6 Å². The van der Waals surface area contributed by atoms with Crippen LogP contribution >= 0.6 is 11.8 Å². The zero-order chi connectivity index (χ0) is 26.7. The molecule has 38 heavy (non-hydrogen) atoms.